The SMILES string of the molecule is CCC1CCc2c(sc(NC(=O)C34CC5CC(CC(C5)C3)C4)c2C(N)=O)C1. The van der Waals surface area contributed by atoms with Crippen molar-refractivity contribution in [3.05, 3.63) is 16.0 Å². The lowest BCUT2D eigenvalue weighted by molar-refractivity contribution is -0.140. The van der Waals surface area contributed by atoms with Crippen LogP contribution in [0.2, 0.25) is 0 Å². The van der Waals surface area contributed by atoms with Crippen molar-refractivity contribution in [3.8, 4) is 0 Å². The molecule has 5 aliphatic carbocycles. The van der Waals surface area contributed by atoms with Crippen molar-refractivity contribution >= 4 is 28.2 Å². The number of hydrogen-bond donors (Lipinski definition) is 2. The van der Waals surface area contributed by atoms with Gasteiger partial charge in [0.25, 0.3) is 5.91 Å². The van der Waals surface area contributed by atoms with Crippen LogP contribution in [0.25, 0.3) is 0 Å². The number of anilines is 1. The molecule has 0 aliphatic heterocycles. The predicted molar refractivity (Wildman–Crippen MR) is 108 cm³/mol. The zero-order valence-corrected chi connectivity index (χ0v) is 17.0. The lowest BCUT2D eigenvalue weighted by Gasteiger charge is -2.55. The smallest absolute Gasteiger partial charge is 0.251 e. The molecule has 0 spiro atoms. The molecule has 1 aromatic rings. The molecule has 4 fully saturated rings. The highest BCUT2D eigenvalue weighted by molar-refractivity contribution is 7.17. The highest BCUT2D eigenvalue weighted by Gasteiger charge is 2.54. The fourth-order valence-electron chi connectivity index (χ4n) is 6.98. The third kappa shape index (κ3) is 2.84. The number of nitrogens with two attached hydrogens (primary N) is 1. The average Bonchev–Trinajstić information content (AvgIpc) is 2.97. The Morgan fingerprint density at radius 1 is 1.15 bits per heavy atom. The van der Waals surface area contributed by atoms with Gasteiger partial charge in [0.15, 0.2) is 0 Å². The van der Waals surface area contributed by atoms with Crippen LogP contribution in [0.4, 0.5) is 5.00 Å². The molecule has 1 atom stereocenters. The van der Waals surface area contributed by atoms with Crippen molar-refractivity contribution in [2.24, 2.45) is 34.8 Å². The molecule has 5 aliphatic rings. The first-order chi connectivity index (χ1) is 13.0. The summed E-state index contributed by atoms with van der Waals surface area (Å²) < 4.78 is 0. The van der Waals surface area contributed by atoms with Gasteiger partial charge < -0.3 is 11.1 Å². The Morgan fingerprint density at radius 3 is 2.33 bits per heavy atom. The molecule has 146 valence electrons. The first-order valence-electron chi connectivity index (χ1n) is 10.7. The molecular weight excluding hydrogens is 356 g/mol. The third-order valence-corrected chi connectivity index (χ3v) is 9.11. The van der Waals surface area contributed by atoms with Crippen LogP contribution in [-0.2, 0) is 17.6 Å². The molecule has 2 amide bonds. The van der Waals surface area contributed by atoms with Crippen molar-refractivity contribution in [2.45, 2.75) is 71.1 Å². The lowest BCUT2D eigenvalue weighted by Crippen LogP contribution is -2.51. The van der Waals surface area contributed by atoms with Crippen LogP contribution >= 0.6 is 11.3 Å². The molecule has 4 bridgehead atoms. The number of nitrogens with one attached hydrogen (secondary N) is 1. The monoisotopic (exact) mass is 386 g/mol. The van der Waals surface area contributed by atoms with E-state index in [2.05, 4.69) is 12.2 Å². The van der Waals surface area contributed by atoms with E-state index < -0.39 is 0 Å². The van der Waals surface area contributed by atoms with E-state index in [9.17, 15) is 9.59 Å². The fourth-order valence-corrected chi connectivity index (χ4v) is 8.34. The standard InChI is InChI=1S/C22H30N2O2S/c1-2-12-3-4-16-17(8-12)27-20(18(16)19(23)25)24-21(26)22-9-13-5-14(10-22)7-15(6-13)11-22/h12-15H,2-11H2,1H3,(H2,23,25)(H,24,26). The van der Waals surface area contributed by atoms with Gasteiger partial charge >= 0.3 is 0 Å². The molecule has 5 heteroatoms. The Labute approximate surface area is 165 Å². The summed E-state index contributed by atoms with van der Waals surface area (Å²) in [5.74, 6) is 2.67. The average molecular weight is 387 g/mol. The lowest BCUT2D eigenvalue weighted by atomic mass is 9.49. The number of amides is 2. The molecule has 6 rings (SSSR count). The summed E-state index contributed by atoms with van der Waals surface area (Å²) in [6.07, 6.45) is 11.3. The summed E-state index contributed by atoms with van der Waals surface area (Å²) in [7, 11) is 0. The number of fused-ring (bicyclic) bond motifs is 1. The topological polar surface area (TPSA) is 72.2 Å². The molecule has 4 nitrogen and oxygen atoms in total. The molecule has 27 heavy (non-hydrogen) atoms. The molecule has 1 heterocycles. The van der Waals surface area contributed by atoms with E-state index in [1.54, 1.807) is 11.3 Å². The van der Waals surface area contributed by atoms with Gasteiger partial charge in [0, 0.05) is 4.88 Å². The Morgan fingerprint density at radius 2 is 1.78 bits per heavy atom. The summed E-state index contributed by atoms with van der Waals surface area (Å²) in [6.45, 7) is 2.23. The summed E-state index contributed by atoms with van der Waals surface area (Å²) in [5.41, 5.74) is 7.26. The highest BCUT2D eigenvalue weighted by Crippen LogP contribution is 2.60. The van der Waals surface area contributed by atoms with Crippen LogP contribution in [0, 0.1) is 29.1 Å². The Kier molecular flexibility index (Phi) is 4.15. The van der Waals surface area contributed by atoms with Gasteiger partial charge in [-0.15, -0.1) is 11.3 Å². The van der Waals surface area contributed by atoms with Crippen LogP contribution in [0.15, 0.2) is 0 Å². The second kappa shape index (κ2) is 6.33. The van der Waals surface area contributed by atoms with Gasteiger partial charge in [-0.3, -0.25) is 9.59 Å². The molecule has 0 saturated heterocycles. The van der Waals surface area contributed by atoms with Crippen molar-refractivity contribution in [1.29, 1.82) is 0 Å². The van der Waals surface area contributed by atoms with Gasteiger partial charge in [0.1, 0.15) is 5.00 Å². The van der Waals surface area contributed by atoms with E-state index in [0.29, 0.717) is 11.5 Å². The molecule has 0 aromatic carbocycles. The molecule has 4 saturated carbocycles. The van der Waals surface area contributed by atoms with Crippen molar-refractivity contribution in [3.63, 3.8) is 0 Å². The van der Waals surface area contributed by atoms with E-state index >= 15 is 0 Å². The quantitative estimate of drug-likeness (QED) is 0.799. The minimum atomic E-state index is -0.386. The van der Waals surface area contributed by atoms with E-state index in [-0.39, 0.29) is 17.2 Å². The first kappa shape index (κ1) is 17.7. The fraction of sp³-hybridized carbons (Fsp3) is 0.727. The Hall–Kier alpha value is -1.36. The summed E-state index contributed by atoms with van der Waals surface area (Å²) in [6, 6.07) is 0. The number of carbonyl (C=O) groups excluding carboxylic acids is 2. The maximum atomic E-state index is 13.4. The van der Waals surface area contributed by atoms with Gasteiger partial charge in [-0.2, -0.15) is 0 Å². The highest BCUT2D eigenvalue weighted by atomic mass is 32.1. The molecule has 1 unspecified atom stereocenters. The van der Waals surface area contributed by atoms with Crippen LogP contribution < -0.4 is 11.1 Å². The largest absolute Gasteiger partial charge is 0.365 e. The number of hydrogen-bond acceptors (Lipinski definition) is 3. The number of rotatable bonds is 4. The maximum Gasteiger partial charge on any atom is 0.251 e. The molecule has 0 radical (unpaired) electrons. The van der Waals surface area contributed by atoms with Gasteiger partial charge in [0.05, 0.1) is 11.0 Å². The van der Waals surface area contributed by atoms with Crippen LogP contribution in [0.3, 0.4) is 0 Å². The zero-order chi connectivity index (χ0) is 18.8. The first-order valence-corrected chi connectivity index (χ1v) is 11.5. The van der Waals surface area contributed by atoms with Gasteiger partial charge in [-0.05, 0) is 87.0 Å². The summed E-state index contributed by atoms with van der Waals surface area (Å²) >= 11 is 1.61. The third-order valence-electron chi connectivity index (χ3n) is 7.94. The summed E-state index contributed by atoms with van der Waals surface area (Å²) in [5, 5.41) is 3.94. The van der Waals surface area contributed by atoms with Crippen LogP contribution in [0.1, 0.15) is 79.1 Å². The Bertz CT molecular complexity index is 761. The molecular formula is C22H30N2O2S. The van der Waals surface area contributed by atoms with E-state index in [1.165, 1.54) is 24.1 Å². The number of carbonyl (C=O) groups is 2. The van der Waals surface area contributed by atoms with Gasteiger partial charge in [-0.25, -0.2) is 0 Å². The minimum Gasteiger partial charge on any atom is -0.365 e. The van der Waals surface area contributed by atoms with E-state index in [1.807, 2.05) is 0 Å². The van der Waals surface area contributed by atoms with Crippen molar-refractivity contribution in [2.75, 3.05) is 5.32 Å². The van der Waals surface area contributed by atoms with Crippen LogP contribution in [0.5, 0.6) is 0 Å². The van der Waals surface area contributed by atoms with Crippen LogP contribution in [-0.4, -0.2) is 11.8 Å². The Balaban J connectivity index is 1.43. The number of primary amides is 1. The minimum absolute atomic E-state index is 0.162. The summed E-state index contributed by atoms with van der Waals surface area (Å²) in [4.78, 5) is 26.9. The van der Waals surface area contributed by atoms with Crippen molar-refractivity contribution < 1.29 is 9.59 Å². The molecule has 1 aromatic heterocycles. The van der Waals surface area contributed by atoms with Gasteiger partial charge in [0.2, 0.25) is 5.91 Å². The van der Waals surface area contributed by atoms with E-state index in [4.69, 9.17) is 5.73 Å². The molecule has 3 N–H and O–H groups in total. The normalized spacial score (nSPS) is 36.5. The van der Waals surface area contributed by atoms with E-state index in [0.717, 1.165) is 73.3 Å². The zero-order valence-electron chi connectivity index (χ0n) is 16.2. The predicted octanol–water partition coefficient (Wildman–Crippen LogP) is 4.52. The van der Waals surface area contributed by atoms with Gasteiger partial charge in [-0.1, -0.05) is 13.3 Å². The number of thiophene rings is 1. The van der Waals surface area contributed by atoms with Crippen molar-refractivity contribution in [1.82, 2.24) is 0 Å². The second-order valence-corrected chi connectivity index (χ2v) is 10.8. The maximum absolute atomic E-state index is 13.4. The second-order valence-electron chi connectivity index (χ2n) is 9.74.